The van der Waals surface area contributed by atoms with E-state index >= 15 is 0 Å². The predicted octanol–water partition coefficient (Wildman–Crippen LogP) is 4.32. The van der Waals surface area contributed by atoms with E-state index in [1.54, 1.807) is 5.56 Å². The van der Waals surface area contributed by atoms with E-state index < -0.39 is 0 Å². The highest BCUT2D eigenvalue weighted by Crippen LogP contribution is 2.60. The standard InChI is InChI=1S/C15H22/c1-5-13-10-15(13,11(2)3)14-8-6-7-12(4)9-14/h6-9,11,13H,5,10H2,1-4H3. The molecule has 2 unspecified atom stereocenters. The van der Waals surface area contributed by atoms with Crippen LogP contribution in [0.5, 0.6) is 0 Å². The van der Waals surface area contributed by atoms with Gasteiger partial charge in [0, 0.05) is 5.41 Å². The summed E-state index contributed by atoms with van der Waals surface area (Å²) in [6.07, 6.45) is 2.72. The molecule has 0 amide bonds. The quantitative estimate of drug-likeness (QED) is 0.685. The van der Waals surface area contributed by atoms with E-state index in [0.29, 0.717) is 5.41 Å². The van der Waals surface area contributed by atoms with Gasteiger partial charge in [-0.1, -0.05) is 57.0 Å². The topological polar surface area (TPSA) is 0 Å². The molecule has 1 aromatic rings. The summed E-state index contributed by atoms with van der Waals surface area (Å²) < 4.78 is 0. The van der Waals surface area contributed by atoms with Gasteiger partial charge in [0.1, 0.15) is 0 Å². The number of benzene rings is 1. The number of hydrogen-bond acceptors (Lipinski definition) is 0. The molecular weight excluding hydrogens is 180 g/mol. The van der Waals surface area contributed by atoms with Gasteiger partial charge in [-0.05, 0) is 30.7 Å². The molecule has 1 saturated carbocycles. The van der Waals surface area contributed by atoms with E-state index in [1.165, 1.54) is 18.4 Å². The van der Waals surface area contributed by atoms with E-state index in [9.17, 15) is 0 Å². The third kappa shape index (κ3) is 1.60. The van der Waals surface area contributed by atoms with E-state index in [-0.39, 0.29) is 0 Å². The van der Waals surface area contributed by atoms with Crippen LogP contribution < -0.4 is 0 Å². The van der Waals surface area contributed by atoms with Crippen LogP contribution in [0.1, 0.15) is 44.7 Å². The van der Waals surface area contributed by atoms with Crippen molar-refractivity contribution in [3.8, 4) is 0 Å². The molecule has 1 fully saturated rings. The van der Waals surface area contributed by atoms with Gasteiger partial charge in [0.15, 0.2) is 0 Å². The molecule has 0 nitrogen and oxygen atoms in total. The molecule has 2 atom stereocenters. The first kappa shape index (κ1) is 10.7. The Bertz CT molecular complexity index is 351. The van der Waals surface area contributed by atoms with Gasteiger partial charge < -0.3 is 0 Å². The monoisotopic (exact) mass is 202 g/mol. The fourth-order valence-corrected chi connectivity index (χ4v) is 3.19. The minimum absolute atomic E-state index is 0.501. The van der Waals surface area contributed by atoms with Gasteiger partial charge in [-0.2, -0.15) is 0 Å². The van der Waals surface area contributed by atoms with Crippen molar-refractivity contribution in [2.24, 2.45) is 11.8 Å². The molecule has 0 radical (unpaired) electrons. The van der Waals surface area contributed by atoms with Crippen LogP contribution in [-0.4, -0.2) is 0 Å². The highest BCUT2D eigenvalue weighted by atomic mass is 14.6. The molecule has 0 saturated heterocycles. The van der Waals surface area contributed by atoms with E-state index in [2.05, 4.69) is 52.0 Å². The summed E-state index contributed by atoms with van der Waals surface area (Å²) in [5, 5.41) is 0. The lowest BCUT2D eigenvalue weighted by molar-refractivity contribution is 0.435. The van der Waals surface area contributed by atoms with Crippen LogP contribution in [0.25, 0.3) is 0 Å². The maximum absolute atomic E-state index is 2.38. The Hall–Kier alpha value is -0.780. The second-order valence-corrected chi connectivity index (χ2v) is 5.37. The third-order valence-corrected chi connectivity index (χ3v) is 4.23. The Morgan fingerprint density at radius 3 is 2.60 bits per heavy atom. The van der Waals surface area contributed by atoms with Gasteiger partial charge in [-0.15, -0.1) is 0 Å². The zero-order valence-electron chi connectivity index (χ0n) is 10.4. The fourth-order valence-electron chi connectivity index (χ4n) is 3.19. The lowest BCUT2D eigenvalue weighted by atomic mass is 9.82. The normalized spacial score (nSPS) is 29.5. The van der Waals surface area contributed by atoms with Crippen molar-refractivity contribution in [1.29, 1.82) is 0 Å². The average Bonchev–Trinajstić information content (AvgIpc) is 2.93. The van der Waals surface area contributed by atoms with Crippen molar-refractivity contribution >= 4 is 0 Å². The van der Waals surface area contributed by atoms with E-state index in [1.807, 2.05) is 0 Å². The van der Waals surface area contributed by atoms with Crippen molar-refractivity contribution in [3.05, 3.63) is 35.4 Å². The molecule has 0 heteroatoms. The molecule has 15 heavy (non-hydrogen) atoms. The molecular formula is C15H22. The van der Waals surface area contributed by atoms with Crippen LogP contribution in [0.3, 0.4) is 0 Å². The SMILES string of the molecule is CCC1CC1(c1cccc(C)c1)C(C)C. The first-order valence-corrected chi connectivity index (χ1v) is 6.18. The summed E-state index contributed by atoms with van der Waals surface area (Å²) in [5.41, 5.74) is 3.47. The van der Waals surface area contributed by atoms with Crippen LogP contribution in [0.4, 0.5) is 0 Å². The Labute approximate surface area is 93.7 Å². The molecule has 0 spiro atoms. The second-order valence-electron chi connectivity index (χ2n) is 5.37. The number of aryl methyl sites for hydroxylation is 1. The summed E-state index contributed by atoms with van der Waals surface area (Å²) in [4.78, 5) is 0. The lowest BCUT2D eigenvalue weighted by Crippen LogP contribution is -2.18. The van der Waals surface area contributed by atoms with Crippen molar-refractivity contribution in [2.75, 3.05) is 0 Å². The highest BCUT2D eigenvalue weighted by molar-refractivity contribution is 5.36. The number of hydrogen-bond donors (Lipinski definition) is 0. The van der Waals surface area contributed by atoms with Gasteiger partial charge in [-0.25, -0.2) is 0 Å². The maximum atomic E-state index is 2.38. The van der Waals surface area contributed by atoms with Crippen LogP contribution in [0, 0.1) is 18.8 Å². The van der Waals surface area contributed by atoms with Crippen molar-refractivity contribution in [1.82, 2.24) is 0 Å². The second kappa shape index (κ2) is 3.66. The van der Waals surface area contributed by atoms with Gasteiger partial charge in [0.2, 0.25) is 0 Å². The largest absolute Gasteiger partial charge is 0.0651 e. The zero-order valence-corrected chi connectivity index (χ0v) is 10.4. The smallest absolute Gasteiger partial charge is 0.000747 e. The van der Waals surface area contributed by atoms with Crippen molar-refractivity contribution < 1.29 is 0 Å². The maximum Gasteiger partial charge on any atom is 0.000747 e. The molecule has 2 rings (SSSR count). The van der Waals surface area contributed by atoms with Gasteiger partial charge in [0.25, 0.3) is 0 Å². The Morgan fingerprint density at radius 1 is 1.40 bits per heavy atom. The molecule has 0 aromatic heterocycles. The Kier molecular flexibility index (Phi) is 2.62. The first-order valence-electron chi connectivity index (χ1n) is 6.18. The molecule has 1 aromatic carbocycles. The zero-order chi connectivity index (χ0) is 11.1. The van der Waals surface area contributed by atoms with Crippen LogP contribution >= 0.6 is 0 Å². The molecule has 0 bridgehead atoms. The lowest BCUT2D eigenvalue weighted by Gasteiger charge is -2.23. The van der Waals surface area contributed by atoms with Crippen molar-refractivity contribution in [2.45, 2.75) is 46.0 Å². The van der Waals surface area contributed by atoms with Crippen molar-refractivity contribution in [3.63, 3.8) is 0 Å². The molecule has 1 aliphatic carbocycles. The molecule has 0 aliphatic heterocycles. The third-order valence-electron chi connectivity index (χ3n) is 4.23. The fraction of sp³-hybridized carbons (Fsp3) is 0.600. The van der Waals surface area contributed by atoms with Gasteiger partial charge >= 0.3 is 0 Å². The van der Waals surface area contributed by atoms with Gasteiger partial charge in [-0.3, -0.25) is 0 Å². The Balaban J connectivity index is 2.36. The molecule has 1 aliphatic rings. The van der Waals surface area contributed by atoms with E-state index in [4.69, 9.17) is 0 Å². The first-order chi connectivity index (χ1) is 7.11. The number of rotatable bonds is 3. The van der Waals surface area contributed by atoms with Crippen LogP contribution in [0.15, 0.2) is 24.3 Å². The summed E-state index contributed by atoms with van der Waals surface area (Å²) in [6, 6.07) is 9.11. The van der Waals surface area contributed by atoms with E-state index in [0.717, 1.165) is 11.8 Å². The molecule has 0 N–H and O–H groups in total. The summed E-state index contributed by atoms with van der Waals surface area (Å²) >= 11 is 0. The molecule has 82 valence electrons. The molecule has 0 heterocycles. The summed E-state index contributed by atoms with van der Waals surface area (Å²) in [5.74, 6) is 1.68. The summed E-state index contributed by atoms with van der Waals surface area (Å²) in [6.45, 7) is 9.27. The summed E-state index contributed by atoms with van der Waals surface area (Å²) in [7, 11) is 0. The van der Waals surface area contributed by atoms with Crippen LogP contribution in [0.2, 0.25) is 0 Å². The minimum atomic E-state index is 0.501. The van der Waals surface area contributed by atoms with Gasteiger partial charge in [0.05, 0.1) is 0 Å². The predicted molar refractivity (Wildman–Crippen MR) is 66.1 cm³/mol. The average molecular weight is 202 g/mol. The minimum Gasteiger partial charge on any atom is -0.0651 e. The highest BCUT2D eigenvalue weighted by Gasteiger charge is 2.55. The van der Waals surface area contributed by atoms with Crippen LogP contribution in [-0.2, 0) is 5.41 Å². The Morgan fingerprint density at radius 2 is 2.13 bits per heavy atom.